The van der Waals surface area contributed by atoms with Gasteiger partial charge in [0.15, 0.2) is 5.82 Å². The Morgan fingerprint density at radius 2 is 1.97 bits per heavy atom. The third-order valence-electron chi connectivity index (χ3n) is 7.73. The average Bonchev–Trinajstić information content (AvgIpc) is 3.68. The van der Waals surface area contributed by atoms with Gasteiger partial charge in [-0.3, -0.25) is 14.3 Å². The number of likely N-dealkylation sites (tertiary alicyclic amines) is 2. The van der Waals surface area contributed by atoms with Gasteiger partial charge in [-0.05, 0) is 18.4 Å². The van der Waals surface area contributed by atoms with E-state index in [-0.39, 0.29) is 23.3 Å². The van der Waals surface area contributed by atoms with E-state index in [1.807, 2.05) is 35.2 Å². The van der Waals surface area contributed by atoms with Crippen LogP contribution in [0.1, 0.15) is 59.2 Å². The van der Waals surface area contributed by atoms with E-state index in [9.17, 15) is 9.59 Å². The molecule has 1 unspecified atom stereocenters. The lowest BCUT2D eigenvalue weighted by Gasteiger charge is -2.48. The second kappa shape index (κ2) is 9.50. The van der Waals surface area contributed by atoms with Crippen LogP contribution in [0.2, 0.25) is 0 Å². The predicted molar refractivity (Wildman–Crippen MR) is 128 cm³/mol. The number of benzene rings is 1. The molecule has 1 atom stereocenters. The van der Waals surface area contributed by atoms with Crippen LogP contribution in [0.15, 0.2) is 47.2 Å². The van der Waals surface area contributed by atoms with Crippen LogP contribution in [0.25, 0.3) is 0 Å². The van der Waals surface area contributed by atoms with Crippen LogP contribution in [-0.4, -0.2) is 74.3 Å². The molecule has 3 aliphatic rings. The molecule has 1 aliphatic carbocycles. The van der Waals surface area contributed by atoms with Gasteiger partial charge < -0.3 is 19.1 Å². The van der Waals surface area contributed by atoms with Gasteiger partial charge >= 0.3 is 0 Å². The fourth-order valence-electron chi connectivity index (χ4n) is 5.86. The summed E-state index contributed by atoms with van der Waals surface area (Å²) < 4.78 is 13.2. The summed E-state index contributed by atoms with van der Waals surface area (Å²) in [5.41, 5.74) is 1.39. The molecule has 188 valence electrons. The van der Waals surface area contributed by atoms with Crippen LogP contribution in [0.5, 0.6) is 0 Å². The number of carbonyl (C=O) groups is 2. The molecule has 4 heterocycles. The summed E-state index contributed by atoms with van der Waals surface area (Å²) >= 11 is 0. The summed E-state index contributed by atoms with van der Waals surface area (Å²) in [6.45, 7) is 3.05. The molecule has 10 heteroatoms. The maximum Gasteiger partial charge on any atom is 0.257 e. The normalized spacial score (nSPS) is 21.3. The number of amides is 2. The molecule has 1 saturated carbocycles. The predicted octanol–water partition coefficient (Wildman–Crippen LogP) is 2.47. The third-order valence-corrected chi connectivity index (χ3v) is 7.73. The molecule has 10 nitrogen and oxygen atoms in total. The maximum absolute atomic E-state index is 13.4. The van der Waals surface area contributed by atoms with Gasteiger partial charge in [-0.25, -0.2) is 0 Å². The molecule has 36 heavy (non-hydrogen) atoms. The topological polar surface area (TPSA) is 107 Å². The van der Waals surface area contributed by atoms with Crippen molar-refractivity contribution in [3.05, 3.63) is 65.6 Å². The second-order valence-electron chi connectivity index (χ2n) is 10.3. The summed E-state index contributed by atoms with van der Waals surface area (Å²) in [6, 6.07) is 10.0. The Labute approximate surface area is 209 Å². The highest BCUT2D eigenvalue weighted by Crippen LogP contribution is 2.48. The van der Waals surface area contributed by atoms with Crippen LogP contribution < -0.4 is 0 Å². The number of nitrogens with zero attached hydrogens (tertiary/aromatic N) is 6. The minimum Gasteiger partial charge on any atom is -0.368 e. The van der Waals surface area contributed by atoms with Crippen LogP contribution in [0, 0.1) is 5.41 Å². The molecule has 3 aromatic rings. The van der Waals surface area contributed by atoms with Crippen LogP contribution in [0.3, 0.4) is 0 Å². The van der Waals surface area contributed by atoms with Gasteiger partial charge in [0, 0.05) is 37.8 Å². The highest BCUT2D eigenvalue weighted by molar-refractivity contribution is 5.94. The molecule has 0 radical (unpaired) electrons. The Morgan fingerprint density at radius 1 is 1.17 bits per heavy atom. The molecular weight excluding hydrogens is 460 g/mol. The standard InChI is InChI=1S/C26H30N6O4/c33-18-30-15-26(16-30)17-31(25(34)20-10-27-32(12-20)11-19-6-2-1-3-7-19)13-22(26)24-28-23(36-29-24)14-35-21-8-4-5-9-21/h1-3,6-7,10,12,18,21-22H,4-5,8-9,11,13-17H2. The van der Waals surface area contributed by atoms with Crippen molar-refractivity contribution in [2.75, 3.05) is 26.2 Å². The van der Waals surface area contributed by atoms with E-state index in [1.165, 1.54) is 12.8 Å². The maximum atomic E-state index is 13.4. The summed E-state index contributed by atoms with van der Waals surface area (Å²) in [5.74, 6) is 0.862. The molecule has 2 aliphatic heterocycles. The van der Waals surface area contributed by atoms with E-state index >= 15 is 0 Å². The largest absolute Gasteiger partial charge is 0.368 e. The van der Waals surface area contributed by atoms with E-state index in [4.69, 9.17) is 9.26 Å². The summed E-state index contributed by atoms with van der Waals surface area (Å²) in [4.78, 5) is 33.0. The number of hydrogen-bond donors (Lipinski definition) is 0. The molecule has 3 fully saturated rings. The van der Waals surface area contributed by atoms with Gasteiger partial charge in [0.25, 0.3) is 11.8 Å². The van der Waals surface area contributed by atoms with Crippen molar-refractivity contribution >= 4 is 12.3 Å². The highest BCUT2D eigenvalue weighted by atomic mass is 16.5. The second-order valence-corrected chi connectivity index (χ2v) is 10.3. The first-order chi connectivity index (χ1) is 17.6. The Bertz CT molecular complexity index is 1210. The smallest absolute Gasteiger partial charge is 0.257 e. The zero-order valence-electron chi connectivity index (χ0n) is 20.2. The van der Waals surface area contributed by atoms with Gasteiger partial charge in [-0.2, -0.15) is 10.1 Å². The van der Waals surface area contributed by atoms with Crippen molar-refractivity contribution in [2.24, 2.45) is 5.41 Å². The van der Waals surface area contributed by atoms with E-state index in [2.05, 4.69) is 15.2 Å². The van der Waals surface area contributed by atoms with Crippen molar-refractivity contribution in [3.8, 4) is 0 Å². The van der Waals surface area contributed by atoms with E-state index < -0.39 is 0 Å². The van der Waals surface area contributed by atoms with Crippen LogP contribution in [0.4, 0.5) is 0 Å². The van der Waals surface area contributed by atoms with Crippen LogP contribution >= 0.6 is 0 Å². The molecule has 2 aromatic heterocycles. The van der Waals surface area contributed by atoms with Crippen LogP contribution in [-0.2, 0) is 22.7 Å². The van der Waals surface area contributed by atoms with Crippen molar-refractivity contribution in [2.45, 2.75) is 50.9 Å². The van der Waals surface area contributed by atoms with Crippen molar-refractivity contribution < 1.29 is 18.8 Å². The number of ether oxygens (including phenoxy) is 1. The minimum atomic E-state index is -0.274. The molecule has 1 aromatic carbocycles. The molecule has 0 N–H and O–H groups in total. The number of aromatic nitrogens is 4. The molecule has 1 spiro atoms. The van der Waals surface area contributed by atoms with Gasteiger partial charge in [0.05, 0.1) is 30.3 Å². The first-order valence-corrected chi connectivity index (χ1v) is 12.6. The van der Waals surface area contributed by atoms with Crippen molar-refractivity contribution in [1.29, 1.82) is 0 Å². The fourth-order valence-corrected chi connectivity index (χ4v) is 5.86. The lowest BCUT2D eigenvalue weighted by Crippen LogP contribution is -2.59. The van der Waals surface area contributed by atoms with Gasteiger partial charge in [-0.1, -0.05) is 48.3 Å². The van der Waals surface area contributed by atoms with E-state index in [1.54, 1.807) is 22.0 Å². The Morgan fingerprint density at radius 3 is 2.75 bits per heavy atom. The Kier molecular flexibility index (Phi) is 6.04. The van der Waals surface area contributed by atoms with Gasteiger partial charge in [0.2, 0.25) is 6.41 Å². The quantitative estimate of drug-likeness (QED) is 0.447. The Balaban J connectivity index is 1.16. The highest BCUT2D eigenvalue weighted by Gasteiger charge is 2.57. The van der Waals surface area contributed by atoms with Gasteiger partial charge in [-0.15, -0.1) is 0 Å². The molecule has 0 bridgehead atoms. The average molecular weight is 491 g/mol. The van der Waals surface area contributed by atoms with Crippen molar-refractivity contribution in [3.63, 3.8) is 0 Å². The number of hydrogen-bond acceptors (Lipinski definition) is 7. The lowest BCUT2D eigenvalue weighted by molar-refractivity contribution is -0.129. The number of carbonyl (C=O) groups excluding carboxylic acids is 2. The number of rotatable bonds is 8. The van der Waals surface area contributed by atoms with Gasteiger partial charge in [0.1, 0.15) is 6.61 Å². The van der Waals surface area contributed by atoms with Crippen molar-refractivity contribution in [1.82, 2.24) is 29.7 Å². The minimum absolute atomic E-state index is 0.0750. The molecule has 2 saturated heterocycles. The molecule has 6 rings (SSSR count). The summed E-state index contributed by atoms with van der Waals surface area (Å²) in [6.07, 6.45) is 9.09. The summed E-state index contributed by atoms with van der Waals surface area (Å²) in [5, 5.41) is 8.66. The molecule has 2 amide bonds. The SMILES string of the molecule is O=CN1CC2(C1)CN(C(=O)c1cnn(Cc3ccccc3)c1)CC2c1noc(COC2CCCC2)n1. The Hall–Kier alpha value is -3.53. The first kappa shape index (κ1) is 22.9. The summed E-state index contributed by atoms with van der Waals surface area (Å²) in [7, 11) is 0. The lowest BCUT2D eigenvalue weighted by atomic mass is 9.71. The first-order valence-electron chi connectivity index (χ1n) is 12.6. The van der Waals surface area contributed by atoms with E-state index in [0.717, 1.165) is 24.8 Å². The van der Waals surface area contributed by atoms with E-state index in [0.29, 0.717) is 56.6 Å². The third kappa shape index (κ3) is 4.41. The monoisotopic (exact) mass is 490 g/mol. The molecular formula is C26H30N6O4. The zero-order valence-corrected chi connectivity index (χ0v) is 20.2. The fraction of sp³-hybridized carbons (Fsp3) is 0.500. The zero-order chi connectivity index (χ0) is 24.5.